The number of alkyl carbamates (subject to hydrolysis) is 1. The number of amides is 2. The van der Waals surface area contributed by atoms with Gasteiger partial charge in [0.25, 0.3) is 5.91 Å². The lowest BCUT2D eigenvalue weighted by Gasteiger charge is -2.30. The molecule has 0 aliphatic heterocycles. The molecule has 0 unspecified atom stereocenters. The van der Waals surface area contributed by atoms with Gasteiger partial charge in [-0.25, -0.2) is 13.6 Å². The summed E-state index contributed by atoms with van der Waals surface area (Å²) in [6.45, 7) is 3.64. The Morgan fingerprint density at radius 2 is 1.74 bits per heavy atom. The number of carbonyl (C=O) groups excluding carboxylic acids is 2. The Bertz CT molecular complexity index is 1050. The lowest BCUT2D eigenvalue weighted by molar-refractivity contribution is 0.100. The number of benzene rings is 2. The maximum atomic E-state index is 13.9. The third kappa shape index (κ3) is 7.41. The van der Waals surface area contributed by atoms with Crippen molar-refractivity contribution >= 4 is 35.2 Å². The molecule has 182 valence electrons. The second-order valence-electron chi connectivity index (χ2n) is 8.07. The highest BCUT2D eigenvalue weighted by Gasteiger charge is 2.24. The van der Waals surface area contributed by atoms with Gasteiger partial charge in [0, 0.05) is 28.4 Å². The summed E-state index contributed by atoms with van der Waals surface area (Å²) in [6, 6.07) is 7.94. The number of hydrogen-bond donors (Lipinski definition) is 3. The Morgan fingerprint density at radius 1 is 1.06 bits per heavy atom. The molecule has 1 saturated carbocycles. The predicted molar refractivity (Wildman–Crippen MR) is 127 cm³/mol. The number of anilines is 1. The van der Waals surface area contributed by atoms with Crippen LogP contribution < -0.4 is 16.0 Å². The van der Waals surface area contributed by atoms with E-state index in [1.165, 1.54) is 24.3 Å². The maximum absolute atomic E-state index is 13.9. The van der Waals surface area contributed by atoms with Crippen molar-refractivity contribution in [3.05, 3.63) is 64.2 Å². The largest absolute Gasteiger partial charge is 0.450 e. The van der Waals surface area contributed by atoms with Crippen LogP contribution in [-0.4, -0.2) is 36.7 Å². The molecule has 0 spiro atoms. The maximum Gasteiger partial charge on any atom is 0.407 e. The van der Waals surface area contributed by atoms with E-state index in [-0.39, 0.29) is 28.6 Å². The number of nitrogens with zero attached hydrogens (tertiary/aromatic N) is 1. The number of halogens is 3. The molecule has 0 heterocycles. The van der Waals surface area contributed by atoms with Crippen molar-refractivity contribution in [3.63, 3.8) is 0 Å². The Balaban J connectivity index is 1.74. The van der Waals surface area contributed by atoms with Crippen LogP contribution >= 0.6 is 11.6 Å². The van der Waals surface area contributed by atoms with Crippen molar-refractivity contribution in [2.45, 2.75) is 51.6 Å². The van der Waals surface area contributed by atoms with Gasteiger partial charge in [-0.15, -0.1) is 0 Å². The smallest absolute Gasteiger partial charge is 0.407 e. The van der Waals surface area contributed by atoms with Gasteiger partial charge in [0.05, 0.1) is 6.61 Å². The van der Waals surface area contributed by atoms with E-state index in [9.17, 15) is 18.4 Å². The molecule has 0 aromatic heterocycles. The summed E-state index contributed by atoms with van der Waals surface area (Å²) in [4.78, 5) is 28.5. The van der Waals surface area contributed by atoms with E-state index in [1.54, 1.807) is 13.8 Å². The highest BCUT2D eigenvalue weighted by Crippen LogP contribution is 2.21. The molecule has 1 fully saturated rings. The van der Waals surface area contributed by atoms with Gasteiger partial charge in [-0.05, 0) is 75.4 Å². The fourth-order valence-electron chi connectivity index (χ4n) is 3.67. The second kappa shape index (κ2) is 11.8. The number of nitrogens with one attached hydrogen (secondary N) is 3. The highest BCUT2D eigenvalue weighted by molar-refractivity contribution is 6.31. The van der Waals surface area contributed by atoms with E-state index < -0.39 is 23.6 Å². The molecule has 2 aromatic carbocycles. The summed E-state index contributed by atoms with van der Waals surface area (Å²) in [7, 11) is 0. The number of rotatable bonds is 5. The summed E-state index contributed by atoms with van der Waals surface area (Å²) in [5.74, 6) is -1.62. The monoisotopic (exact) mass is 492 g/mol. The Hall–Kier alpha value is -3.20. The van der Waals surface area contributed by atoms with Gasteiger partial charge in [-0.1, -0.05) is 17.7 Å². The van der Waals surface area contributed by atoms with Crippen LogP contribution in [0.5, 0.6) is 0 Å². The van der Waals surface area contributed by atoms with Gasteiger partial charge in [0.2, 0.25) is 5.96 Å². The average molecular weight is 493 g/mol. The molecule has 34 heavy (non-hydrogen) atoms. The Labute approximate surface area is 201 Å². The summed E-state index contributed by atoms with van der Waals surface area (Å²) in [5.41, 5.74) is 0.806. The van der Waals surface area contributed by atoms with Crippen molar-refractivity contribution in [3.8, 4) is 0 Å². The summed E-state index contributed by atoms with van der Waals surface area (Å²) >= 11 is 5.95. The first-order valence-electron chi connectivity index (χ1n) is 11.1. The molecule has 1 aliphatic rings. The van der Waals surface area contributed by atoms with Gasteiger partial charge in [0.1, 0.15) is 11.6 Å². The third-order valence-electron chi connectivity index (χ3n) is 5.42. The molecular weight excluding hydrogens is 466 g/mol. The van der Waals surface area contributed by atoms with Crippen LogP contribution in [0.3, 0.4) is 0 Å². The van der Waals surface area contributed by atoms with Crippen LogP contribution in [0.25, 0.3) is 0 Å². The lowest BCUT2D eigenvalue weighted by atomic mass is 9.91. The summed E-state index contributed by atoms with van der Waals surface area (Å²) < 4.78 is 32.7. The zero-order chi connectivity index (χ0) is 24.7. The Morgan fingerprint density at radius 3 is 2.35 bits per heavy atom. The minimum absolute atomic E-state index is 0.00959. The van der Waals surface area contributed by atoms with E-state index in [2.05, 4.69) is 20.9 Å². The Kier molecular flexibility index (Phi) is 8.81. The van der Waals surface area contributed by atoms with Crippen molar-refractivity contribution in [2.24, 2.45) is 4.99 Å². The molecule has 1 aliphatic carbocycles. The topological polar surface area (TPSA) is 91.8 Å². The van der Waals surface area contributed by atoms with E-state index in [1.807, 2.05) is 0 Å². The van der Waals surface area contributed by atoms with Crippen molar-refractivity contribution in [2.75, 3.05) is 11.9 Å². The SMILES string of the molecule is CCOC(=O)NC1CCC(N/C(=N\C(=O)c2ccc(C)c(F)c2)Nc2cc(F)cc(Cl)c2)CC1. The number of guanidine groups is 1. The molecule has 2 amide bonds. The zero-order valence-electron chi connectivity index (χ0n) is 19.0. The van der Waals surface area contributed by atoms with Gasteiger partial charge < -0.3 is 20.7 Å². The van der Waals surface area contributed by atoms with Crippen LogP contribution in [0, 0.1) is 18.6 Å². The first-order valence-corrected chi connectivity index (χ1v) is 11.4. The van der Waals surface area contributed by atoms with Crippen LogP contribution in [0.15, 0.2) is 41.4 Å². The predicted octanol–water partition coefficient (Wildman–Crippen LogP) is 5.18. The lowest BCUT2D eigenvalue weighted by Crippen LogP contribution is -2.45. The standard InChI is InChI=1S/C24H27ClF2N4O3/c1-3-34-24(33)30-19-8-6-18(7-9-19)28-23(29-20-12-16(25)11-17(26)13-20)31-22(32)15-5-4-14(2)21(27)10-15/h4-5,10-13,18-19H,3,6-9H2,1-2H3,(H,30,33)(H2,28,29,31,32). The van der Waals surface area contributed by atoms with Gasteiger partial charge in [-0.3, -0.25) is 4.79 Å². The molecule has 0 radical (unpaired) electrons. The molecule has 3 N–H and O–H groups in total. The van der Waals surface area contributed by atoms with E-state index in [0.717, 1.165) is 12.1 Å². The zero-order valence-corrected chi connectivity index (χ0v) is 19.7. The first kappa shape index (κ1) is 25.4. The average Bonchev–Trinajstić information content (AvgIpc) is 2.76. The van der Waals surface area contributed by atoms with Crippen molar-refractivity contribution in [1.82, 2.24) is 10.6 Å². The molecule has 0 atom stereocenters. The molecule has 3 rings (SSSR count). The highest BCUT2D eigenvalue weighted by atomic mass is 35.5. The fraction of sp³-hybridized carbons (Fsp3) is 0.375. The summed E-state index contributed by atoms with van der Waals surface area (Å²) in [6.07, 6.45) is 2.34. The van der Waals surface area contributed by atoms with Gasteiger partial charge in [-0.2, -0.15) is 4.99 Å². The minimum atomic E-state index is -0.658. The number of aryl methyl sites for hydroxylation is 1. The molecular formula is C24H27ClF2N4O3. The van der Waals surface area contributed by atoms with Gasteiger partial charge in [0.15, 0.2) is 0 Å². The molecule has 10 heteroatoms. The molecule has 0 saturated heterocycles. The van der Waals surface area contributed by atoms with Crippen LogP contribution in [0.4, 0.5) is 19.3 Å². The quantitative estimate of drug-likeness (QED) is 0.395. The molecule has 0 bridgehead atoms. The fourth-order valence-corrected chi connectivity index (χ4v) is 3.89. The van der Waals surface area contributed by atoms with E-state index in [0.29, 0.717) is 43.5 Å². The van der Waals surface area contributed by atoms with E-state index >= 15 is 0 Å². The molecule has 2 aromatic rings. The van der Waals surface area contributed by atoms with Crippen molar-refractivity contribution < 1.29 is 23.1 Å². The molecule has 7 nitrogen and oxygen atoms in total. The number of ether oxygens (including phenoxy) is 1. The number of carbonyl (C=O) groups is 2. The first-order chi connectivity index (χ1) is 16.2. The van der Waals surface area contributed by atoms with Crippen LogP contribution in [0.2, 0.25) is 5.02 Å². The van der Waals surface area contributed by atoms with Crippen molar-refractivity contribution in [1.29, 1.82) is 0 Å². The third-order valence-corrected chi connectivity index (χ3v) is 5.64. The van der Waals surface area contributed by atoms with Gasteiger partial charge >= 0.3 is 6.09 Å². The second-order valence-corrected chi connectivity index (χ2v) is 8.51. The van der Waals surface area contributed by atoms with Crippen LogP contribution in [-0.2, 0) is 4.74 Å². The normalized spacial score (nSPS) is 18.2. The number of hydrogen-bond acceptors (Lipinski definition) is 3. The minimum Gasteiger partial charge on any atom is -0.450 e. The van der Waals surface area contributed by atoms with E-state index in [4.69, 9.17) is 16.3 Å². The summed E-state index contributed by atoms with van der Waals surface area (Å²) in [5, 5.41) is 9.10. The van der Waals surface area contributed by atoms with Crippen LogP contribution in [0.1, 0.15) is 48.5 Å². The number of aliphatic imine (C=N–C) groups is 1.